The summed E-state index contributed by atoms with van der Waals surface area (Å²) in [5.74, 6) is 0.382. The Hall–Kier alpha value is -1.32. The zero-order valence-electron chi connectivity index (χ0n) is 8.01. The number of nitrogens with zero attached hydrogens (tertiary/aromatic N) is 1. The first kappa shape index (κ1) is 8.29. The number of H-pyrrole nitrogens is 1. The van der Waals surface area contributed by atoms with Crippen LogP contribution in [0.1, 0.15) is 41.6 Å². The van der Waals surface area contributed by atoms with E-state index in [1.807, 2.05) is 6.92 Å². The van der Waals surface area contributed by atoms with E-state index in [2.05, 4.69) is 29.4 Å². The maximum absolute atomic E-state index is 11.5. The molecule has 0 bridgehead atoms. The van der Waals surface area contributed by atoms with Gasteiger partial charge in [-0.1, -0.05) is 13.8 Å². The van der Waals surface area contributed by atoms with Gasteiger partial charge in [-0.05, 0) is 12.8 Å². The lowest BCUT2D eigenvalue weighted by molar-refractivity contribution is 0.0947. The first-order valence-electron chi connectivity index (χ1n) is 4.47. The van der Waals surface area contributed by atoms with Crippen LogP contribution in [0.3, 0.4) is 0 Å². The van der Waals surface area contributed by atoms with Crippen molar-refractivity contribution in [3.63, 3.8) is 0 Å². The van der Waals surface area contributed by atoms with Crippen LogP contribution in [0.15, 0.2) is 0 Å². The second kappa shape index (κ2) is 2.58. The Labute approximate surface area is 76.7 Å². The number of aryl methyl sites for hydroxylation is 1. The van der Waals surface area contributed by atoms with Gasteiger partial charge in [0.2, 0.25) is 0 Å². The fourth-order valence-corrected chi connectivity index (χ4v) is 1.72. The molecular weight excluding hydrogens is 166 g/mol. The Morgan fingerprint density at radius 3 is 2.77 bits per heavy atom. The number of carbonyl (C=O) groups is 1. The van der Waals surface area contributed by atoms with Crippen molar-refractivity contribution < 1.29 is 4.79 Å². The molecule has 13 heavy (non-hydrogen) atoms. The highest BCUT2D eigenvalue weighted by Crippen LogP contribution is 2.30. The monoisotopic (exact) mass is 179 g/mol. The van der Waals surface area contributed by atoms with Crippen molar-refractivity contribution in [2.45, 2.75) is 26.8 Å². The van der Waals surface area contributed by atoms with Crippen LogP contribution in [0.2, 0.25) is 0 Å². The van der Waals surface area contributed by atoms with Gasteiger partial charge in [0.15, 0.2) is 0 Å². The molecule has 2 rings (SSSR count). The van der Waals surface area contributed by atoms with E-state index in [1.54, 1.807) is 0 Å². The topological polar surface area (TPSA) is 57.8 Å². The van der Waals surface area contributed by atoms with Crippen LogP contribution in [0.4, 0.5) is 0 Å². The number of rotatable bonds is 1. The molecule has 1 aromatic rings. The van der Waals surface area contributed by atoms with Gasteiger partial charge < -0.3 is 5.32 Å². The van der Waals surface area contributed by atoms with Gasteiger partial charge in [0.05, 0.1) is 17.3 Å². The van der Waals surface area contributed by atoms with Crippen molar-refractivity contribution in [2.24, 2.45) is 5.92 Å². The van der Waals surface area contributed by atoms with Crippen molar-refractivity contribution in [1.82, 2.24) is 15.5 Å². The normalized spacial score (nSPS) is 20.6. The molecule has 1 aliphatic heterocycles. The van der Waals surface area contributed by atoms with Crippen molar-refractivity contribution in [1.29, 1.82) is 0 Å². The second-order valence-corrected chi connectivity index (χ2v) is 3.80. The lowest BCUT2D eigenvalue weighted by atomic mass is 10.0. The van der Waals surface area contributed by atoms with Crippen LogP contribution >= 0.6 is 0 Å². The Kier molecular flexibility index (Phi) is 1.65. The summed E-state index contributed by atoms with van der Waals surface area (Å²) in [5, 5.41) is 9.90. The molecular formula is C9H13N3O. The SMILES string of the molecule is Cc1[nH]nc2c1C(=O)NC2C(C)C. The summed E-state index contributed by atoms with van der Waals surface area (Å²) in [4.78, 5) is 11.5. The lowest BCUT2D eigenvalue weighted by Crippen LogP contribution is -2.23. The molecule has 0 radical (unpaired) electrons. The van der Waals surface area contributed by atoms with Gasteiger partial charge in [0.25, 0.3) is 5.91 Å². The number of carbonyl (C=O) groups excluding carboxylic acids is 1. The summed E-state index contributed by atoms with van der Waals surface area (Å²) in [7, 11) is 0. The van der Waals surface area contributed by atoms with Gasteiger partial charge in [0.1, 0.15) is 0 Å². The van der Waals surface area contributed by atoms with Gasteiger partial charge in [-0.15, -0.1) is 0 Å². The third kappa shape index (κ3) is 1.05. The van der Waals surface area contributed by atoms with Crippen LogP contribution in [0, 0.1) is 12.8 Å². The van der Waals surface area contributed by atoms with Gasteiger partial charge in [-0.3, -0.25) is 9.89 Å². The number of amides is 1. The number of fused-ring (bicyclic) bond motifs is 1. The highest BCUT2D eigenvalue weighted by Gasteiger charge is 2.34. The zero-order valence-corrected chi connectivity index (χ0v) is 8.01. The Morgan fingerprint density at radius 2 is 2.15 bits per heavy atom. The molecule has 1 atom stereocenters. The molecule has 2 heterocycles. The standard InChI is InChI=1S/C9H13N3O/c1-4(2)7-8-6(9(13)10-7)5(3)11-12-8/h4,7H,1-3H3,(H,10,13)(H,11,12). The van der Waals surface area contributed by atoms with Crippen LogP contribution < -0.4 is 5.32 Å². The molecule has 0 fully saturated rings. The number of aromatic nitrogens is 2. The minimum Gasteiger partial charge on any atom is -0.343 e. The number of hydrogen-bond acceptors (Lipinski definition) is 2. The van der Waals surface area contributed by atoms with E-state index in [4.69, 9.17) is 0 Å². The molecule has 4 nitrogen and oxygen atoms in total. The molecule has 1 aromatic heterocycles. The summed E-state index contributed by atoms with van der Waals surface area (Å²) in [6, 6.07) is 0.0763. The van der Waals surface area contributed by atoms with E-state index in [-0.39, 0.29) is 11.9 Å². The maximum atomic E-state index is 11.5. The molecule has 0 aliphatic carbocycles. The van der Waals surface area contributed by atoms with Crippen LogP contribution in [-0.4, -0.2) is 16.1 Å². The lowest BCUT2D eigenvalue weighted by Gasteiger charge is -2.13. The third-order valence-electron chi connectivity index (χ3n) is 2.45. The average molecular weight is 179 g/mol. The van der Waals surface area contributed by atoms with E-state index >= 15 is 0 Å². The van der Waals surface area contributed by atoms with Crippen molar-refractivity contribution in [3.05, 3.63) is 17.0 Å². The summed E-state index contributed by atoms with van der Waals surface area (Å²) in [5.41, 5.74) is 2.46. The van der Waals surface area contributed by atoms with E-state index < -0.39 is 0 Å². The van der Waals surface area contributed by atoms with Gasteiger partial charge in [-0.2, -0.15) is 5.10 Å². The molecule has 1 unspecified atom stereocenters. The van der Waals surface area contributed by atoms with Crippen LogP contribution in [-0.2, 0) is 0 Å². The first-order chi connectivity index (χ1) is 6.11. The fourth-order valence-electron chi connectivity index (χ4n) is 1.72. The third-order valence-corrected chi connectivity index (χ3v) is 2.45. The Balaban J connectivity index is 2.48. The van der Waals surface area contributed by atoms with Gasteiger partial charge in [-0.25, -0.2) is 0 Å². The summed E-state index contributed by atoms with van der Waals surface area (Å²) in [6.45, 7) is 6.02. The zero-order chi connectivity index (χ0) is 9.59. The van der Waals surface area contributed by atoms with Crippen molar-refractivity contribution in [2.75, 3.05) is 0 Å². The minimum atomic E-state index is -0.0000463. The Bertz CT molecular complexity index is 354. The van der Waals surface area contributed by atoms with E-state index in [1.165, 1.54) is 0 Å². The summed E-state index contributed by atoms with van der Waals surface area (Å²) in [6.07, 6.45) is 0. The average Bonchev–Trinajstić information content (AvgIpc) is 2.55. The van der Waals surface area contributed by atoms with Gasteiger partial charge in [0, 0.05) is 5.69 Å². The van der Waals surface area contributed by atoms with Crippen molar-refractivity contribution >= 4 is 5.91 Å². The number of nitrogens with one attached hydrogen (secondary N) is 2. The molecule has 1 aliphatic rings. The number of hydrogen-bond donors (Lipinski definition) is 2. The maximum Gasteiger partial charge on any atom is 0.255 e. The fraction of sp³-hybridized carbons (Fsp3) is 0.556. The largest absolute Gasteiger partial charge is 0.343 e. The molecule has 0 saturated heterocycles. The highest BCUT2D eigenvalue weighted by atomic mass is 16.2. The Morgan fingerprint density at radius 1 is 1.46 bits per heavy atom. The summed E-state index contributed by atoms with van der Waals surface area (Å²) >= 11 is 0. The molecule has 0 saturated carbocycles. The molecule has 1 amide bonds. The highest BCUT2D eigenvalue weighted by molar-refractivity contribution is 5.99. The molecule has 0 aromatic carbocycles. The minimum absolute atomic E-state index is 0.0000463. The molecule has 2 N–H and O–H groups in total. The number of aromatic amines is 1. The molecule has 70 valence electrons. The van der Waals surface area contributed by atoms with E-state index in [9.17, 15) is 4.79 Å². The van der Waals surface area contributed by atoms with Crippen LogP contribution in [0.25, 0.3) is 0 Å². The van der Waals surface area contributed by atoms with Crippen LogP contribution in [0.5, 0.6) is 0 Å². The molecule has 4 heteroatoms. The predicted octanol–water partition coefficient (Wildman–Crippen LogP) is 1.16. The van der Waals surface area contributed by atoms with E-state index in [0.29, 0.717) is 5.92 Å². The van der Waals surface area contributed by atoms with Gasteiger partial charge >= 0.3 is 0 Å². The first-order valence-corrected chi connectivity index (χ1v) is 4.47. The smallest absolute Gasteiger partial charge is 0.255 e. The van der Waals surface area contributed by atoms with Crippen molar-refractivity contribution in [3.8, 4) is 0 Å². The van der Waals surface area contributed by atoms with E-state index in [0.717, 1.165) is 17.0 Å². The molecule has 0 spiro atoms. The quantitative estimate of drug-likeness (QED) is 0.679. The predicted molar refractivity (Wildman–Crippen MR) is 48.4 cm³/mol. The summed E-state index contributed by atoms with van der Waals surface area (Å²) < 4.78 is 0. The second-order valence-electron chi connectivity index (χ2n) is 3.80.